The van der Waals surface area contributed by atoms with Crippen molar-refractivity contribution in [3.8, 4) is 0 Å². The first-order valence-corrected chi connectivity index (χ1v) is 4.36. The zero-order valence-electron chi connectivity index (χ0n) is 7.18. The van der Waals surface area contributed by atoms with Crippen LogP contribution in [0.15, 0.2) is 0 Å². The van der Waals surface area contributed by atoms with E-state index in [1.165, 1.54) is 6.42 Å². The van der Waals surface area contributed by atoms with Gasteiger partial charge < -0.3 is 15.8 Å². The summed E-state index contributed by atoms with van der Waals surface area (Å²) in [6.07, 6.45) is 1.19. The number of hydrogen-bond donors (Lipinski definition) is 2. The van der Waals surface area contributed by atoms with Crippen LogP contribution in [0, 0.1) is 5.92 Å². The number of nitrogens with one attached hydrogen (secondary N) is 1. The first-order valence-electron chi connectivity index (χ1n) is 4.36. The minimum atomic E-state index is 0.557. The zero-order valence-corrected chi connectivity index (χ0v) is 7.18. The van der Waals surface area contributed by atoms with Gasteiger partial charge in [0.25, 0.3) is 0 Å². The highest BCUT2D eigenvalue weighted by Crippen LogP contribution is 2.15. The molecule has 1 rings (SSSR count). The largest absolute Gasteiger partial charge is 0.381 e. The minimum Gasteiger partial charge on any atom is -0.381 e. The molecule has 0 radical (unpaired) electrons. The molecule has 0 aliphatic carbocycles. The molecule has 0 spiro atoms. The Hall–Kier alpha value is -0.120. The molecule has 0 aromatic rings. The molecule has 1 aliphatic rings. The second-order valence-electron chi connectivity index (χ2n) is 3.16. The molecule has 3 heteroatoms. The molecule has 1 fully saturated rings. The fourth-order valence-electron chi connectivity index (χ4n) is 1.42. The summed E-state index contributed by atoms with van der Waals surface area (Å²) < 4.78 is 5.29. The van der Waals surface area contributed by atoms with Gasteiger partial charge in [0.2, 0.25) is 0 Å². The van der Waals surface area contributed by atoms with Crippen LogP contribution in [0.4, 0.5) is 0 Å². The standard InChI is InChI=1S/C8H18N2O/c1-7(10-4-3-9)8-2-5-11-6-8/h7-8,10H,2-6,9H2,1H3. The fourth-order valence-corrected chi connectivity index (χ4v) is 1.42. The van der Waals surface area contributed by atoms with E-state index in [9.17, 15) is 0 Å². The Labute approximate surface area is 68.3 Å². The van der Waals surface area contributed by atoms with Crippen molar-refractivity contribution < 1.29 is 4.74 Å². The molecule has 1 heterocycles. The van der Waals surface area contributed by atoms with Crippen LogP contribution in [0.1, 0.15) is 13.3 Å². The Morgan fingerprint density at radius 2 is 2.55 bits per heavy atom. The summed E-state index contributed by atoms with van der Waals surface area (Å²) in [4.78, 5) is 0. The molecule has 2 atom stereocenters. The van der Waals surface area contributed by atoms with Crippen molar-refractivity contribution in [2.75, 3.05) is 26.3 Å². The number of hydrogen-bond acceptors (Lipinski definition) is 3. The van der Waals surface area contributed by atoms with Gasteiger partial charge in [0, 0.05) is 25.7 Å². The Kier molecular flexibility index (Phi) is 3.83. The van der Waals surface area contributed by atoms with Crippen LogP contribution in [-0.4, -0.2) is 32.3 Å². The summed E-state index contributed by atoms with van der Waals surface area (Å²) in [5, 5.41) is 3.37. The van der Waals surface area contributed by atoms with Crippen molar-refractivity contribution in [1.82, 2.24) is 5.32 Å². The van der Waals surface area contributed by atoms with Gasteiger partial charge in [-0.1, -0.05) is 0 Å². The van der Waals surface area contributed by atoms with E-state index in [4.69, 9.17) is 10.5 Å². The quantitative estimate of drug-likeness (QED) is 0.603. The summed E-state index contributed by atoms with van der Waals surface area (Å²) >= 11 is 0. The van der Waals surface area contributed by atoms with Crippen LogP contribution in [-0.2, 0) is 4.74 Å². The predicted octanol–water partition coefficient (Wildman–Crippen LogP) is -0.0403. The first-order chi connectivity index (χ1) is 5.34. The SMILES string of the molecule is CC(NCCN)C1CCOC1. The molecule has 66 valence electrons. The maximum atomic E-state index is 5.38. The van der Waals surface area contributed by atoms with E-state index in [1.807, 2.05) is 0 Å². The van der Waals surface area contributed by atoms with Gasteiger partial charge in [-0.3, -0.25) is 0 Å². The Bertz CT molecular complexity index is 102. The highest BCUT2D eigenvalue weighted by atomic mass is 16.5. The minimum absolute atomic E-state index is 0.557. The highest BCUT2D eigenvalue weighted by molar-refractivity contribution is 4.75. The van der Waals surface area contributed by atoms with Gasteiger partial charge in [0.15, 0.2) is 0 Å². The van der Waals surface area contributed by atoms with E-state index >= 15 is 0 Å². The molecule has 1 saturated heterocycles. The smallest absolute Gasteiger partial charge is 0.0509 e. The monoisotopic (exact) mass is 158 g/mol. The molecule has 0 amide bonds. The normalized spacial score (nSPS) is 27.3. The number of ether oxygens (including phenoxy) is 1. The van der Waals surface area contributed by atoms with Gasteiger partial charge in [-0.25, -0.2) is 0 Å². The average molecular weight is 158 g/mol. The number of nitrogens with two attached hydrogens (primary N) is 1. The van der Waals surface area contributed by atoms with Gasteiger partial charge in [-0.2, -0.15) is 0 Å². The summed E-state index contributed by atoms with van der Waals surface area (Å²) in [6, 6.07) is 0.557. The van der Waals surface area contributed by atoms with Crippen LogP contribution < -0.4 is 11.1 Å². The lowest BCUT2D eigenvalue weighted by atomic mass is 10.0. The third-order valence-electron chi connectivity index (χ3n) is 2.28. The van der Waals surface area contributed by atoms with Crippen LogP contribution in [0.5, 0.6) is 0 Å². The molecule has 0 aromatic carbocycles. The third kappa shape index (κ3) is 2.77. The molecule has 0 bridgehead atoms. The van der Waals surface area contributed by atoms with Crippen molar-refractivity contribution in [2.24, 2.45) is 11.7 Å². The lowest BCUT2D eigenvalue weighted by Gasteiger charge is -2.18. The van der Waals surface area contributed by atoms with Gasteiger partial charge >= 0.3 is 0 Å². The summed E-state index contributed by atoms with van der Waals surface area (Å²) in [6.45, 7) is 5.68. The second kappa shape index (κ2) is 4.70. The fraction of sp³-hybridized carbons (Fsp3) is 1.00. The van der Waals surface area contributed by atoms with Crippen molar-refractivity contribution >= 4 is 0 Å². The summed E-state index contributed by atoms with van der Waals surface area (Å²) in [5.41, 5.74) is 5.38. The summed E-state index contributed by atoms with van der Waals surface area (Å²) in [5.74, 6) is 0.696. The molecule has 1 aliphatic heterocycles. The highest BCUT2D eigenvalue weighted by Gasteiger charge is 2.21. The van der Waals surface area contributed by atoms with Crippen molar-refractivity contribution in [3.63, 3.8) is 0 Å². The van der Waals surface area contributed by atoms with E-state index in [-0.39, 0.29) is 0 Å². The maximum Gasteiger partial charge on any atom is 0.0509 e. The van der Waals surface area contributed by atoms with Gasteiger partial charge in [-0.15, -0.1) is 0 Å². The third-order valence-corrected chi connectivity index (χ3v) is 2.28. The summed E-state index contributed by atoms with van der Waals surface area (Å²) in [7, 11) is 0. The van der Waals surface area contributed by atoms with Gasteiger partial charge in [-0.05, 0) is 19.3 Å². The van der Waals surface area contributed by atoms with Crippen LogP contribution in [0.25, 0.3) is 0 Å². The molecular weight excluding hydrogens is 140 g/mol. The zero-order chi connectivity index (χ0) is 8.10. The van der Waals surface area contributed by atoms with E-state index in [0.717, 1.165) is 26.3 Å². The van der Waals surface area contributed by atoms with E-state index < -0.39 is 0 Å². The molecule has 0 aromatic heterocycles. The number of rotatable bonds is 4. The van der Waals surface area contributed by atoms with E-state index in [0.29, 0.717) is 12.0 Å². The van der Waals surface area contributed by atoms with Gasteiger partial charge in [0.1, 0.15) is 0 Å². The average Bonchev–Trinajstić information content (AvgIpc) is 2.52. The topological polar surface area (TPSA) is 47.3 Å². The van der Waals surface area contributed by atoms with Gasteiger partial charge in [0.05, 0.1) is 6.61 Å². The Balaban J connectivity index is 2.12. The van der Waals surface area contributed by atoms with Crippen LogP contribution in [0.2, 0.25) is 0 Å². The Morgan fingerprint density at radius 1 is 1.73 bits per heavy atom. The molecule has 3 nitrogen and oxygen atoms in total. The van der Waals surface area contributed by atoms with E-state index in [1.54, 1.807) is 0 Å². The van der Waals surface area contributed by atoms with Crippen molar-refractivity contribution in [2.45, 2.75) is 19.4 Å². The maximum absolute atomic E-state index is 5.38. The lowest BCUT2D eigenvalue weighted by molar-refractivity contribution is 0.178. The lowest BCUT2D eigenvalue weighted by Crippen LogP contribution is -2.36. The van der Waals surface area contributed by atoms with Crippen molar-refractivity contribution in [1.29, 1.82) is 0 Å². The molecule has 0 saturated carbocycles. The second-order valence-corrected chi connectivity index (χ2v) is 3.16. The molecular formula is C8H18N2O. The van der Waals surface area contributed by atoms with E-state index in [2.05, 4.69) is 12.2 Å². The first kappa shape index (κ1) is 8.97. The molecule has 2 unspecified atom stereocenters. The van der Waals surface area contributed by atoms with Crippen molar-refractivity contribution in [3.05, 3.63) is 0 Å². The predicted molar refractivity (Wildman–Crippen MR) is 45.4 cm³/mol. The van der Waals surface area contributed by atoms with Crippen LogP contribution >= 0.6 is 0 Å². The molecule has 11 heavy (non-hydrogen) atoms. The van der Waals surface area contributed by atoms with Crippen LogP contribution in [0.3, 0.4) is 0 Å². The Morgan fingerprint density at radius 3 is 3.09 bits per heavy atom. The molecule has 3 N–H and O–H groups in total.